The van der Waals surface area contributed by atoms with Gasteiger partial charge >= 0.3 is 0 Å². The van der Waals surface area contributed by atoms with Crippen molar-refractivity contribution in [3.63, 3.8) is 0 Å². The average Bonchev–Trinajstić information content (AvgIpc) is 2.14. The highest BCUT2D eigenvalue weighted by Gasteiger charge is 2.08. The van der Waals surface area contributed by atoms with Crippen molar-refractivity contribution >= 4 is 21.7 Å². The highest BCUT2D eigenvalue weighted by Crippen LogP contribution is 2.13. The molecule has 1 aromatic rings. The van der Waals surface area contributed by atoms with Gasteiger partial charge in [-0.05, 0) is 37.1 Å². The fraction of sp³-hybridized carbons (Fsp3) is 0.364. The SMILES string of the molecule is Cc1cc(F)ccc1C(=O)CCCBr. The first-order chi connectivity index (χ1) is 6.65. The fourth-order valence-corrected chi connectivity index (χ4v) is 1.58. The first-order valence-corrected chi connectivity index (χ1v) is 5.62. The molecule has 0 unspecified atom stereocenters. The molecule has 0 saturated carbocycles. The summed E-state index contributed by atoms with van der Waals surface area (Å²) >= 11 is 3.27. The molecule has 0 atom stereocenters. The highest BCUT2D eigenvalue weighted by atomic mass is 79.9. The Labute approximate surface area is 91.5 Å². The van der Waals surface area contributed by atoms with Gasteiger partial charge < -0.3 is 0 Å². The van der Waals surface area contributed by atoms with Gasteiger partial charge in [-0.3, -0.25) is 4.79 Å². The molecule has 0 aliphatic heterocycles. The van der Waals surface area contributed by atoms with Gasteiger partial charge in [-0.2, -0.15) is 0 Å². The third kappa shape index (κ3) is 2.91. The van der Waals surface area contributed by atoms with Gasteiger partial charge in [0.1, 0.15) is 5.82 Å². The second-order valence-corrected chi connectivity index (χ2v) is 3.97. The molecule has 0 N–H and O–H groups in total. The lowest BCUT2D eigenvalue weighted by molar-refractivity contribution is 0.0981. The normalized spacial score (nSPS) is 10.2. The van der Waals surface area contributed by atoms with E-state index in [1.54, 1.807) is 13.0 Å². The molecular formula is C11H12BrFO. The quantitative estimate of drug-likeness (QED) is 0.597. The summed E-state index contributed by atoms with van der Waals surface area (Å²) < 4.78 is 12.7. The van der Waals surface area contributed by atoms with Gasteiger partial charge in [0, 0.05) is 17.3 Å². The summed E-state index contributed by atoms with van der Waals surface area (Å²) in [4.78, 5) is 11.6. The first kappa shape index (κ1) is 11.4. The topological polar surface area (TPSA) is 17.1 Å². The number of rotatable bonds is 4. The predicted octanol–water partition coefficient (Wildman–Crippen LogP) is 3.49. The summed E-state index contributed by atoms with van der Waals surface area (Å²) in [5.74, 6) is -0.207. The van der Waals surface area contributed by atoms with Gasteiger partial charge in [0.15, 0.2) is 5.78 Å². The lowest BCUT2D eigenvalue weighted by Gasteiger charge is -2.03. The number of halogens is 2. The molecule has 1 aromatic carbocycles. The van der Waals surface area contributed by atoms with E-state index in [1.165, 1.54) is 12.1 Å². The van der Waals surface area contributed by atoms with Crippen molar-refractivity contribution in [2.45, 2.75) is 19.8 Å². The number of carbonyl (C=O) groups excluding carboxylic acids is 1. The number of aryl methyl sites for hydroxylation is 1. The Kier molecular flexibility index (Phi) is 4.26. The van der Waals surface area contributed by atoms with Gasteiger partial charge in [0.05, 0.1) is 0 Å². The van der Waals surface area contributed by atoms with Gasteiger partial charge in [-0.1, -0.05) is 15.9 Å². The van der Waals surface area contributed by atoms with E-state index in [2.05, 4.69) is 15.9 Å². The van der Waals surface area contributed by atoms with Crippen LogP contribution in [0.1, 0.15) is 28.8 Å². The minimum Gasteiger partial charge on any atom is -0.294 e. The molecule has 76 valence electrons. The average molecular weight is 259 g/mol. The van der Waals surface area contributed by atoms with Crippen molar-refractivity contribution in [1.82, 2.24) is 0 Å². The van der Waals surface area contributed by atoms with Crippen LogP contribution in [0.15, 0.2) is 18.2 Å². The molecule has 0 aliphatic carbocycles. The Morgan fingerprint density at radius 1 is 1.50 bits per heavy atom. The molecule has 0 radical (unpaired) electrons. The van der Waals surface area contributed by atoms with Crippen molar-refractivity contribution in [2.75, 3.05) is 5.33 Å². The third-order valence-corrected chi connectivity index (χ3v) is 2.59. The van der Waals surface area contributed by atoms with Crippen molar-refractivity contribution in [1.29, 1.82) is 0 Å². The molecule has 3 heteroatoms. The molecule has 0 amide bonds. The zero-order valence-corrected chi connectivity index (χ0v) is 9.60. The van der Waals surface area contributed by atoms with E-state index >= 15 is 0 Å². The second kappa shape index (κ2) is 5.25. The Morgan fingerprint density at radius 2 is 2.21 bits per heavy atom. The molecule has 1 rings (SSSR count). The maximum absolute atomic E-state index is 12.7. The summed E-state index contributed by atoms with van der Waals surface area (Å²) in [5, 5.41) is 0.818. The summed E-state index contributed by atoms with van der Waals surface area (Å²) in [7, 11) is 0. The molecule has 0 heterocycles. The summed E-state index contributed by atoms with van der Waals surface area (Å²) in [6, 6.07) is 4.27. The van der Waals surface area contributed by atoms with Crippen LogP contribution in [0.4, 0.5) is 4.39 Å². The van der Waals surface area contributed by atoms with Crippen LogP contribution < -0.4 is 0 Å². The standard InChI is InChI=1S/C11H12BrFO/c1-8-7-9(13)4-5-10(8)11(14)3-2-6-12/h4-5,7H,2-3,6H2,1H3. The second-order valence-electron chi connectivity index (χ2n) is 3.17. The monoisotopic (exact) mass is 258 g/mol. The summed E-state index contributed by atoms with van der Waals surface area (Å²) in [5.41, 5.74) is 1.34. The number of Topliss-reactive ketones (excluding diaryl/α,β-unsaturated/α-hetero) is 1. The molecule has 1 nitrogen and oxygen atoms in total. The van der Waals surface area contributed by atoms with Gasteiger partial charge in [0.2, 0.25) is 0 Å². The maximum Gasteiger partial charge on any atom is 0.163 e. The number of carbonyl (C=O) groups is 1. The minimum atomic E-state index is -0.292. The molecule has 14 heavy (non-hydrogen) atoms. The van der Waals surface area contributed by atoms with Crippen LogP contribution in [0.5, 0.6) is 0 Å². The number of benzene rings is 1. The van der Waals surface area contributed by atoms with E-state index in [0.29, 0.717) is 17.5 Å². The minimum absolute atomic E-state index is 0.0851. The smallest absolute Gasteiger partial charge is 0.163 e. The van der Waals surface area contributed by atoms with E-state index in [-0.39, 0.29) is 11.6 Å². The molecule has 0 fully saturated rings. The Balaban J connectivity index is 2.80. The van der Waals surface area contributed by atoms with Gasteiger partial charge in [-0.15, -0.1) is 0 Å². The lowest BCUT2D eigenvalue weighted by Crippen LogP contribution is -2.02. The van der Waals surface area contributed by atoms with Crippen molar-refractivity contribution < 1.29 is 9.18 Å². The van der Waals surface area contributed by atoms with E-state index in [4.69, 9.17) is 0 Å². The predicted molar refractivity (Wildman–Crippen MR) is 58.5 cm³/mol. The van der Waals surface area contributed by atoms with Gasteiger partial charge in [0.25, 0.3) is 0 Å². The zero-order valence-electron chi connectivity index (χ0n) is 8.02. The number of ketones is 1. The van der Waals surface area contributed by atoms with Crippen LogP contribution in [-0.4, -0.2) is 11.1 Å². The van der Waals surface area contributed by atoms with E-state index in [9.17, 15) is 9.18 Å². The highest BCUT2D eigenvalue weighted by molar-refractivity contribution is 9.09. The van der Waals surface area contributed by atoms with Crippen molar-refractivity contribution in [3.05, 3.63) is 35.1 Å². The Hall–Kier alpha value is -0.700. The van der Waals surface area contributed by atoms with Crippen LogP contribution in [0.2, 0.25) is 0 Å². The number of hydrogen-bond acceptors (Lipinski definition) is 1. The van der Waals surface area contributed by atoms with Crippen molar-refractivity contribution in [2.24, 2.45) is 0 Å². The Bertz CT molecular complexity index is 336. The Morgan fingerprint density at radius 3 is 2.79 bits per heavy atom. The third-order valence-electron chi connectivity index (χ3n) is 2.03. The van der Waals surface area contributed by atoms with Crippen LogP contribution in [-0.2, 0) is 0 Å². The van der Waals surface area contributed by atoms with Crippen molar-refractivity contribution in [3.8, 4) is 0 Å². The van der Waals surface area contributed by atoms with Crippen LogP contribution in [0.25, 0.3) is 0 Å². The molecule has 0 aromatic heterocycles. The van der Waals surface area contributed by atoms with E-state index in [0.717, 1.165) is 11.8 Å². The first-order valence-electron chi connectivity index (χ1n) is 4.50. The van der Waals surface area contributed by atoms with Crippen LogP contribution in [0, 0.1) is 12.7 Å². The fourth-order valence-electron chi connectivity index (χ4n) is 1.30. The lowest BCUT2D eigenvalue weighted by atomic mass is 10.0. The summed E-state index contributed by atoms with van der Waals surface area (Å²) in [6.07, 6.45) is 1.33. The molecular weight excluding hydrogens is 247 g/mol. The molecule has 0 spiro atoms. The number of hydrogen-bond donors (Lipinski definition) is 0. The zero-order chi connectivity index (χ0) is 10.6. The molecule has 0 saturated heterocycles. The molecule has 0 bridgehead atoms. The largest absolute Gasteiger partial charge is 0.294 e. The van der Waals surface area contributed by atoms with E-state index in [1.807, 2.05) is 0 Å². The maximum atomic E-state index is 12.7. The van der Waals surface area contributed by atoms with Crippen LogP contribution >= 0.6 is 15.9 Å². The van der Waals surface area contributed by atoms with Gasteiger partial charge in [-0.25, -0.2) is 4.39 Å². The van der Waals surface area contributed by atoms with E-state index < -0.39 is 0 Å². The van der Waals surface area contributed by atoms with Crippen LogP contribution in [0.3, 0.4) is 0 Å². The number of alkyl halides is 1. The summed E-state index contributed by atoms with van der Waals surface area (Å²) in [6.45, 7) is 1.75. The molecule has 0 aliphatic rings.